The lowest BCUT2D eigenvalue weighted by Gasteiger charge is -2.05. The summed E-state index contributed by atoms with van der Waals surface area (Å²) < 4.78 is 0.872. The molecule has 2 aromatic heterocycles. The number of nitrogens with zero attached hydrogens (tertiary/aromatic N) is 1. The van der Waals surface area contributed by atoms with Crippen molar-refractivity contribution in [3.63, 3.8) is 0 Å². The van der Waals surface area contributed by atoms with Crippen molar-refractivity contribution >= 4 is 32.9 Å². The van der Waals surface area contributed by atoms with Gasteiger partial charge >= 0.3 is 5.97 Å². The number of hydrogen-bond donors (Lipinski definition) is 2. The van der Waals surface area contributed by atoms with Crippen LogP contribution in [0.2, 0.25) is 0 Å². The number of H-pyrrole nitrogens is 1. The molecule has 2 rings (SSSR count). The number of nitrogens with one attached hydrogen (secondary N) is 1. The van der Waals surface area contributed by atoms with Gasteiger partial charge in [0, 0.05) is 16.4 Å². The third kappa shape index (κ3) is 1.95. The molecule has 0 radical (unpaired) electrons. The monoisotopic (exact) mass is 282 g/mol. The normalized spacial score (nSPS) is 12.9. The first-order chi connectivity index (χ1) is 7.61. The fourth-order valence-electron chi connectivity index (χ4n) is 1.72. The summed E-state index contributed by atoms with van der Waals surface area (Å²) >= 11 is 3.33. The quantitative estimate of drug-likeness (QED) is 0.910. The van der Waals surface area contributed by atoms with Crippen LogP contribution in [-0.2, 0) is 4.79 Å². The Labute approximate surface area is 101 Å². The molecule has 0 amide bonds. The molecule has 1 atom stereocenters. The van der Waals surface area contributed by atoms with Gasteiger partial charge in [-0.2, -0.15) is 0 Å². The SMILES string of the molecule is CCC(C(=O)O)c1cc2ncc(Br)cc2[nH]1. The lowest BCUT2D eigenvalue weighted by atomic mass is 10.0. The lowest BCUT2D eigenvalue weighted by molar-refractivity contribution is -0.138. The van der Waals surface area contributed by atoms with Crippen LogP contribution < -0.4 is 0 Å². The van der Waals surface area contributed by atoms with Crippen LogP contribution in [0.3, 0.4) is 0 Å². The summed E-state index contributed by atoms with van der Waals surface area (Å²) in [4.78, 5) is 18.3. The van der Waals surface area contributed by atoms with Crippen molar-refractivity contribution in [1.82, 2.24) is 9.97 Å². The van der Waals surface area contributed by atoms with Crippen LogP contribution in [0.1, 0.15) is 25.0 Å². The second-order valence-corrected chi connectivity index (χ2v) is 4.53. The molecule has 16 heavy (non-hydrogen) atoms. The molecule has 0 bridgehead atoms. The number of hydrogen-bond acceptors (Lipinski definition) is 2. The molecule has 2 heterocycles. The molecule has 0 aliphatic carbocycles. The maximum Gasteiger partial charge on any atom is 0.312 e. The van der Waals surface area contributed by atoms with E-state index < -0.39 is 11.9 Å². The number of pyridine rings is 1. The van der Waals surface area contributed by atoms with Crippen molar-refractivity contribution in [1.29, 1.82) is 0 Å². The van der Waals surface area contributed by atoms with Crippen LogP contribution >= 0.6 is 15.9 Å². The number of aromatic nitrogens is 2. The average Bonchev–Trinajstić information content (AvgIpc) is 2.60. The molecule has 5 heteroatoms. The van der Waals surface area contributed by atoms with Gasteiger partial charge in [0.25, 0.3) is 0 Å². The summed E-state index contributed by atoms with van der Waals surface area (Å²) in [6, 6.07) is 3.68. The van der Waals surface area contributed by atoms with Gasteiger partial charge in [0.2, 0.25) is 0 Å². The van der Waals surface area contributed by atoms with Crippen molar-refractivity contribution < 1.29 is 9.90 Å². The molecule has 0 saturated carbocycles. The summed E-state index contributed by atoms with van der Waals surface area (Å²) in [6.45, 7) is 1.85. The minimum absolute atomic E-state index is 0.493. The number of carboxylic acids is 1. The number of aliphatic carboxylic acids is 1. The Morgan fingerprint density at radius 1 is 1.62 bits per heavy atom. The van der Waals surface area contributed by atoms with Gasteiger partial charge in [-0.1, -0.05) is 6.92 Å². The largest absolute Gasteiger partial charge is 0.481 e. The summed E-state index contributed by atoms with van der Waals surface area (Å²) in [5.41, 5.74) is 2.34. The van der Waals surface area contributed by atoms with Gasteiger partial charge in [-0.05, 0) is 34.5 Å². The highest BCUT2D eigenvalue weighted by molar-refractivity contribution is 9.10. The number of fused-ring (bicyclic) bond motifs is 1. The average molecular weight is 283 g/mol. The van der Waals surface area contributed by atoms with Gasteiger partial charge in [-0.3, -0.25) is 9.78 Å². The van der Waals surface area contributed by atoms with E-state index in [1.807, 2.05) is 13.0 Å². The minimum Gasteiger partial charge on any atom is -0.481 e. The number of aromatic amines is 1. The number of halogens is 1. The van der Waals surface area contributed by atoms with Gasteiger partial charge in [-0.15, -0.1) is 0 Å². The molecule has 0 saturated heterocycles. The molecular weight excluding hydrogens is 272 g/mol. The zero-order valence-corrected chi connectivity index (χ0v) is 10.3. The second kappa shape index (κ2) is 4.25. The van der Waals surface area contributed by atoms with E-state index in [2.05, 4.69) is 25.9 Å². The first kappa shape index (κ1) is 11.1. The van der Waals surface area contributed by atoms with Crippen molar-refractivity contribution in [3.05, 3.63) is 28.5 Å². The fraction of sp³-hybridized carbons (Fsp3) is 0.273. The summed E-state index contributed by atoms with van der Waals surface area (Å²) in [6.07, 6.45) is 2.25. The Balaban J connectivity index is 2.49. The predicted molar refractivity (Wildman–Crippen MR) is 64.5 cm³/mol. The number of rotatable bonds is 3. The molecule has 2 aromatic rings. The van der Waals surface area contributed by atoms with Crippen molar-refractivity contribution in [2.24, 2.45) is 0 Å². The Hall–Kier alpha value is -1.36. The highest BCUT2D eigenvalue weighted by Gasteiger charge is 2.19. The third-order valence-corrected chi connectivity index (χ3v) is 2.97. The number of carboxylic acid groups (broad SMARTS) is 1. The van der Waals surface area contributed by atoms with Crippen LogP contribution in [0, 0.1) is 0 Å². The predicted octanol–water partition coefficient (Wildman–Crippen LogP) is 2.90. The molecule has 1 unspecified atom stereocenters. The number of carbonyl (C=O) groups is 1. The van der Waals surface area contributed by atoms with Gasteiger partial charge in [0.05, 0.1) is 17.0 Å². The van der Waals surface area contributed by atoms with E-state index >= 15 is 0 Å². The van der Waals surface area contributed by atoms with Crippen LogP contribution in [0.25, 0.3) is 11.0 Å². The van der Waals surface area contributed by atoms with Crippen LogP contribution in [-0.4, -0.2) is 21.0 Å². The lowest BCUT2D eigenvalue weighted by Crippen LogP contribution is -2.10. The van der Waals surface area contributed by atoms with E-state index in [4.69, 9.17) is 5.11 Å². The molecule has 0 aromatic carbocycles. The highest BCUT2D eigenvalue weighted by Crippen LogP contribution is 2.24. The zero-order valence-electron chi connectivity index (χ0n) is 8.70. The van der Waals surface area contributed by atoms with E-state index in [-0.39, 0.29) is 0 Å². The van der Waals surface area contributed by atoms with Gasteiger partial charge < -0.3 is 10.1 Å². The third-order valence-electron chi connectivity index (χ3n) is 2.54. The van der Waals surface area contributed by atoms with E-state index in [1.54, 1.807) is 12.3 Å². The Morgan fingerprint density at radius 2 is 2.38 bits per heavy atom. The second-order valence-electron chi connectivity index (χ2n) is 3.61. The highest BCUT2D eigenvalue weighted by atomic mass is 79.9. The Bertz CT molecular complexity index is 536. The summed E-state index contributed by atoms with van der Waals surface area (Å²) in [7, 11) is 0. The standard InChI is InChI=1S/C11H11BrN2O2/c1-2-7(11(15)16)8-4-9-10(14-8)3-6(12)5-13-9/h3-5,7,14H,2H2,1H3,(H,15,16). The minimum atomic E-state index is -0.812. The van der Waals surface area contributed by atoms with Crippen molar-refractivity contribution in [2.45, 2.75) is 19.3 Å². The molecule has 0 spiro atoms. The molecule has 0 aliphatic heterocycles. The smallest absolute Gasteiger partial charge is 0.312 e. The molecule has 0 fully saturated rings. The summed E-state index contributed by atoms with van der Waals surface area (Å²) in [5.74, 6) is -1.30. The van der Waals surface area contributed by atoms with Crippen LogP contribution in [0.5, 0.6) is 0 Å². The van der Waals surface area contributed by atoms with E-state index in [9.17, 15) is 4.79 Å². The Morgan fingerprint density at radius 3 is 3.00 bits per heavy atom. The van der Waals surface area contributed by atoms with Crippen molar-refractivity contribution in [3.8, 4) is 0 Å². The topological polar surface area (TPSA) is 66.0 Å². The fourth-order valence-corrected chi connectivity index (χ4v) is 2.05. The first-order valence-electron chi connectivity index (χ1n) is 4.98. The summed E-state index contributed by atoms with van der Waals surface area (Å²) in [5, 5.41) is 9.06. The van der Waals surface area contributed by atoms with Crippen LogP contribution in [0.15, 0.2) is 22.8 Å². The van der Waals surface area contributed by atoms with E-state index in [1.165, 1.54) is 0 Å². The van der Waals surface area contributed by atoms with E-state index in [0.29, 0.717) is 12.1 Å². The Kier molecular flexibility index (Phi) is 2.96. The first-order valence-corrected chi connectivity index (χ1v) is 5.78. The van der Waals surface area contributed by atoms with Gasteiger partial charge in [-0.25, -0.2) is 0 Å². The molecule has 4 nitrogen and oxygen atoms in total. The molecule has 84 valence electrons. The molecular formula is C11H11BrN2O2. The van der Waals surface area contributed by atoms with Gasteiger partial charge in [0.1, 0.15) is 0 Å². The molecule has 2 N–H and O–H groups in total. The zero-order chi connectivity index (χ0) is 11.7. The van der Waals surface area contributed by atoms with Crippen molar-refractivity contribution in [2.75, 3.05) is 0 Å². The van der Waals surface area contributed by atoms with Crippen LogP contribution in [0.4, 0.5) is 0 Å². The molecule has 0 aliphatic rings. The van der Waals surface area contributed by atoms with E-state index in [0.717, 1.165) is 15.5 Å². The maximum atomic E-state index is 11.0. The maximum absolute atomic E-state index is 11.0. The van der Waals surface area contributed by atoms with Gasteiger partial charge in [0.15, 0.2) is 0 Å².